The average molecular weight is 435 g/mol. The molecule has 5 aromatic rings. The van der Waals surface area contributed by atoms with Crippen LogP contribution in [-0.2, 0) is 13.0 Å². The maximum atomic E-state index is 15.3. The van der Waals surface area contributed by atoms with Gasteiger partial charge in [-0.15, -0.1) is 5.92 Å². The summed E-state index contributed by atoms with van der Waals surface area (Å²) in [5.74, 6) is 5.40. The summed E-state index contributed by atoms with van der Waals surface area (Å²) in [6.07, 6.45) is 6.34. The van der Waals surface area contributed by atoms with E-state index in [4.69, 9.17) is 10.1 Å². The SMILES string of the molecule is CC#Cc1ccc(-c2nn(Cc3cccnc3)c3cnc4cc(CC)c(C)cc4c23)c(F)c1. The van der Waals surface area contributed by atoms with E-state index in [1.54, 1.807) is 19.2 Å². The van der Waals surface area contributed by atoms with Crippen molar-refractivity contribution in [2.24, 2.45) is 0 Å². The third kappa shape index (κ3) is 3.74. The number of pyridine rings is 2. The number of hydrogen-bond acceptors (Lipinski definition) is 3. The second-order valence-corrected chi connectivity index (χ2v) is 8.10. The fourth-order valence-electron chi connectivity index (χ4n) is 4.33. The van der Waals surface area contributed by atoms with Crippen LogP contribution in [0.1, 0.15) is 36.1 Å². The number of aryl methyl sites for hydroxylation is 2. The van der Waals surface area contributed by atoms with Crippen LogP contribution in [0.5, 0.6) is 0 Å². The molecule has 4 nitrogen and oxygen atoms in total. The normalized spacial score (nSPS) is 11.0. The minimum atomic E-state index is -0.338. The molecule has 5 heteroatoms. The van der Waals surface area contributed by atoms with Gasteiger partial charge in [0.25, 0.3) is 0 Å². The third-order valence-electron chi connectivity index (χ3n) is 5.97. The van der Waals surface area contributed by atoms with Gasteiger partial charge < -0.3 is 0 Å². The molecule has 33 heavy (non-hydrogen) atoms. The van der Waals surface area contributed by atoms with Crippen LogP contribution < -0.4 is 0 Å². The number of nitrogens with zero attached hydrogens (tertiary/aromatic N) is 4. The van der Waals surface area contributed by atoms with Gasteiger partial charge in [-0.3, -0.25) is 14.6 Å². The first-order valence-electron chi connectivity index (χ1n) is 11.0. The molecule has 2 aromatic carbocycles. The number of fused-ring (bicyclic) bond motifs is 3. The number of halogens is 1. The maximum absolute atomic E-state index is 15.3. The second kappa shape index (κ2) is 8.48. The zero-order valence-electron chi connectivity index (χ0n) is 18.9. The van der Waals surface area contributed by atoms with Crippen LogP contribution in [-0.4, -0.2) is 19.7 Å². The standard InChI is InChI=1S/C28H23FN4/c1-4-7-19-9-10-22(24(29)13-19)28-27-23-12-18(3)21(5-2)14-25(23)31-16-26(27)33(32-28)17-20-8-6-11-30-15-20/h6,8-16H,5,17H2,1-3H3. The summed E-state index contributed by atoms with van der Waals surface area (Å²) in [4.78, 5) is 8.96. The van der Waals surface area contributed by atoms with Gasteiger partial charge in [-0.2, -0.15) is 5.10 Å². The van der Waals surface area contributed by atoms with Gasteiger partial charge in [0.15, 0.2) is 0 Å². The van der Waals surface area contributed by atoms with Crippen molar-refractivity contribution in [2.45, 2.75) is 33.7 Å². The van der Waals surface area contributed by atoms with Crippen LogP contribution in [0, 0.1) is 24.6 Å². The molecule has 0 aliphatic heterocycles. The number of rotatable bonds is 4. The summed E-state index contributed by atoms with van der Waals surface area (Å²) in [5.41, 5.74) is 6.93. The third-order valence-corrected chi connectivity index (χ3v) is 5.97. The molecule has 0 atom stereocenters. The van der Waals surface area contributed by atoms with E-state index in [1.165, 1.54) is 17.2 Å². The van der Waals surface area contributed by atoms with Crippen LogP contribution in [0.4, 0.5) is 4.39 Å². The first-order chi connectivity index (χ1) is 16.1. The van der Waals surface area contributed by atoms with Crippen molar-refractivity contribution >= 4 is 21.8 Å². The predicted octanol–water partition coefficient (Wildman–Crippen LogP) is 6.08. The summed E-state index contributed by atoms with van der Waals surface area (Å²) in [6.45, 7) is 6.51. The molecule has 0 spiro atoms. The highest BCUT2D eigenvalue weighted by molar-refractivity contribution is 6.11. The van der Waals surface area contributed by atoms with Crippen molar-refractivity contribution in [1.29, 1.82) is 0 Å². The molecule has 0 unspecified atom stereocenters. The molecular weight excluding hydrogens is 411 g/mol. The Morgan fingerprint density at radius 3 is 2.70 bits per heavy atom. The molecule has 0 N–H and O–H groups in total. The zero-order valence-corrected chi connectivity index (χ0v) is 18.9. The van der Waals surface area contributed by atoms with Crippen LogP contribution in [0.2, 0.25) is 0 Å². The molecule has 0 bridgehead atoms. The summed E-state index contributed by atoms with van der Waals surface area (Å²) >= 11 is 0. The van der Waals surface area contributed by atoms with Gasteiger partial charge in [0.2, 0.25) is 0 Å². The lowest BCUT2D eigenvalue weighted by Gasteiger charge is -2.08. The lowest BCUT2D eigenvalue weighted by Crippen LogP contribution is -2.02. The van der Waals surface area contributed by atoms with Gasteiger partial charge in [0, 0.05) is 34.3 Å². The smallest absolute Gasteiger partial charge is 0.133 e. The van der Waals surface area contributed by atoms with Crippen molar-refractivity contribution in [3.05, 3.63) is 89.1 Å². The Balaban J connectivity index is 1.81. The lowest BCUT2D eigenvalue weighted by atomic mass is 9.98. The molecule has 162 valence electrons. The molecule has 0 aliphatic rings. The van der Waals surface area contributed by atoms with E-state index < -0.39 is 0 Å². The first kappa shape index (κ1) is 20.8. The van der Waals surface area contributed by atoms with E-state index in [-0.39, 0.29) is 5.82 Å². The molecule has 3 aromatic heterocycles. The minimum Gasteiger partial charge on any atom is -0.264 e. The molecule has 0 amide bonds. The fourth-order valence-corrected chi connectivity index (χ4v) is 4.33. The van der Waals surface area contributed by atoms with Crippen molar-refractivity contribution in [3.8, 4) is 23.1 Å². The highest BCUT2D eigenvalue weighted by Gasteiger charge is 2.20. The Labute approximate surface area is 192 Å². The summed E-state index contributed by atoms with van der Waals surface area (Å²) in [6, 6.07) is 13.3. The van der Waals surface area contributed by atoms with Gasteiger partial charge >= 0.3 is 0 Å². The van der Waals surface area contributed by atoms with Crippen molar-refractivity contribution in [1.82, 2.24) is 19.7 Å². The molecule has 0 saturated heterocycles. The molecule has 5 rings (SSSR count). The summed E-state index contributed by atoms with van der Waals surface area (Å²) < 4.78 is 17.2. The van der Waals surface area contributed by atoms with Crippen LogP contribution in [0.25, 0.3) is 33.1 Å². The van der Waals surface area contributed by atoms with Crippen molar-refractivity contribution in [3.63, 3.8) is 0 Å². The summed E-state index contributed by atoms with van der Waals surface area (Å²) in [7, 11) is 0. The van der Waals surface area contributed by atoms with Gasteiger partial charge in [0.1, 0.15) is 11.5 Å². The van der Waals surface area contributed by atoms with E-state index in [0.717, 1.165) is 33.8 Å². The average Bonchev–Trinajstić information content (AvgIpc) is 3.18. The molecule has 0 radical (unpaired) electrons. The Hall–Kier alpha value is -4.04. The summed E-state index contributed by atoms with van der Waals surface area (Å²) in [5, 5.41) is 6.77. The lowest BCUT2D eigenvalue weighted by molar-refractivity contribution is 0.629. The van der Waals surface area contributed by atoms with Gasteiger partial charge in [-0.25, -0.2) is 4.39 Å². The second-order valence-electron chi connectivity index (χ2n) is 8.10. The van der Waals surface area contributed by atoms with Gasteiger partial charge in [0.05, 0.1) is 23.8 Å². The van der Waals surface area contributed by atoms with E-state index >= 15 is 4.39 Å². The minimum absolute atomic E-state index is 0.338. The maximum Gasteiger partial charge on any atom is 0.133 e. The molecule has 0 fully saturated rings. The van der Waals surface area contributed by atoms with Crippen molar-refractivity contribution < 1.29 is 4.39 Å². The molecular formula is C28H23FN4. The molecule has 3 heterocycles. The van der Waals surface area contributed by atoms with Gasteiger partial charge in [-0.1, -0.05) is 18.9 Å². The Morgan fingerprint density at radius 2 is 1.97 bits per heavy atom. The monoisotopic (exact) mass is 434 g/mol. The van der Waals surface area contributed by atoms with Crippen LogP contribution in [0.3, 0.4) is 0 Å². The van der Waals surface area contributed by atoms with E-state index in [1.807, 2.05) is 35.3 Å². The van der Waals surface area contributed by atoms with Gasteiger partial charge in [-0.05, 0) is 73.4 Å². The van der Waals surface area contributed by atoms with E-state index in [9.17, 15) is 0 Å². The highest BCUT2D eigenvalue weighted by Crippen LogP contribution is 2.36. The Kier molecular flexibility index (Phi) is 5.35. The van der Waals surface area contributed by atoms with Crippen molar-refractivity contribution in [2.75, 3.05) is 0 Å². The number of aromatic nitrogens is 4. The zero-order chi connectivity index (χ0) is 22.9. The molecule has 0 aliphatic carbocycles. The van der Waals surface area contributed by atoms with Crippen LogP contribution in [0.15, 0.2) is 61.1 Å². The quantitative estimate of drug-likeness (QED) is 0.322. The first-order valence-corrected chi connectivity index (χ1v) is 11.0. The number of benzene rings is 2. The van der Waals surface area contributed by atoms with Crippen LogP contribution >= 0.6 is 0 Å². The van der Waals surface area contributed by atoms with E-state index in [2.05, 4.69) is 42.8 Å². The number of hydrogen-bond donors (Lipinski definition) is 0. The molecule has 0 saturated carbocycles. The Morgan fingerprint density at radius 1 is 1.09 bits per heavy atom. The largest absolute Gasteiger partial charge is 0.264 e. The predicted molar refractivity (Wildman–Crippen MR) is 130 cm³/mol. The Bertz CT molecular complexity index is 1560. The topological polar surface area (TPSA) is 43.6 Å². The fraction of sp³-hybridized carbons (Fsp3) is 0.179. The highest BCUT2D eigenvalue weighted by atomic mass is 19.1. The van der Waals surface area contributed by atoms with E-state index in [0.29, 0.717) is 23.4 Å².